The molecule has 0 aliphatic carbocycles. The second-order valence-corrected chi connectivity index (χ2v) is 6.38. The molecule has 0 aromatic carbocycles. The number of nitrogens with zero attached hydrogens (tertiary/aromatic N) is 2. The van der Waals surface area contributed by atoms with Crippen LogP contribution in [0.2, 0.25) is 0 Å². The first-order valence-corrected chi connectivity index (χ1v) is 7.76. The lowest BCUT2D eigenvalue weighted by molar-refractivity contribution is 0.0784. The van der Waals surface area contributed by atoms with Crippen LogP contribution in [0.4, 0.5) is 5.69 Å². The summed E-state index contributed by atoms with van der Waals surface area (Å²) in [5.41, 5.74) is 9.72. The van der Waals surface area contributed by atoms with Crippen LogP contribution < -0.4 is 5.73 Å². The summed E-state index contributed by atoms with van der Waals surface area (Å²) in [6.45, 7) is 12.9. The number of likely N-dealkylation sites (N-methyl/N-ethyl adjacent to an activating group) is 1. The molecule has 0 aliphatic rings. The van der Waals surface area contributed by atoms with E-state index in [0.717, 1.165) is 27.0 Å². The number of amides is 1. The molecular weight excluding hydrogens is 282 g/mol. The minimum Gasteiger partial charge on any atom is -0.397 e. The van der Waals surface area contributed by atoms with Gasteiger partial charge in [0.1, 0.15) is 9.71 Å². The predicted octanol–water partition coefficient (Wildman–Crippen LogP) is 3.53. The van der Waals surface area contributed by atoms with Gasteiger partial charge in [-0.05, 0) is 39.3 Å². The largest absolute Gasteiger partial charge is 0.397 e. The zero-order valence-corrected chi connectivity index (χ0v) is 13.8. The van der Waals surface area contributed by atoms with Crippen LogP contribution in [-0.2, 0) is 0 Å². The fourth-order valence-electron chi connectivity index (χ4n) is 2.42. The summed E-state index contributed by atoms with van der Waals surface area (Å²) < 4.78 is 0. The second-order valence-electron chi connectivity index (χ2n) is 5.38. The normalized spacial score (nSPS) is 10.9. The maximum Gasteiger partial charge on any atom is 0.266 e. The molecule has 2 aromatic rings. The molecular formula is C16H21N3OS. The number of thiophene rings is 1. The molecule has 4 nitrogen and oxygen atoms in total. The van der Waals surface area contributed by atoms with Crippen molar-refractivity contribution in [2.45, 2.75) is 27.7 Å². The molecule has 0 radical (unpaired) electrons. The smallest absolute Gasteiger partial charge is 0.266 e. The quantitative estimate of drug-likeness (QED) is 0.879. The SMILES string of the molecule is C=C(C)CN(CC)C(=O)c1sc2nc(C)cc(C)c2c1N. The van der Waals surface area contributed by atoms with Crippen LogP contribution in [0.5, 0.6) is 0 Å². The van der Waals surface area contributed by atoms with Gasteiger partial charge in [-0.1, -0.05) is 12.2 Å². The van der Waals surface area contributed by atoms with Gasteiger partial charge in [-0.15, -0.1) is 11.3 Å². The number of fused-ring (bicyclic) bond motifs is 1. The zero-order valence-electron chi connectivity index (χ0n) is 13.0. The summed E-state index contributed by atoms with van der Waals surface area (Å²) in [5, 5.41) is 0.903. The molecule has 0 unspecified atom stereocenters. The van der Waals surface area contributed by atoms with E-state index in [9.17, 15) is 4.79 Å². The standard InChI is InChI=1S/C16H21N3OS/c1-6-19(8-9(2)3)16(20)14-13(17)12-10(4)7-11(5)18-15(12)21-14/h7H,2,6,8,17H2,1,3-5H3. The van der Waals surface area contributed by atoms with Crippen molar-refractivity contribution in [1.82, 2.24) is 9.88 Å². The molecule has 0 fully saturated rings. The van der Waals surface area contributed by atoms with E-state index in [1.807, 2.05) is 33.8 Å². The molecule has 21 heavy (non-hydrogen) atoms. The molecule has 0 saturated heterocycles. The van der Waals surface area contributed by atoms with E-state index in [1.54, 1.807) is 4.90 Å². The average molecular weight is 303 g/mol. The van der Waals surface area contributed by atoms with Crippen molar-refractivity contribution in [2.75, 3.05) is 18.8 Å². The molecule has 2 rings (SSSR count). The van der Waals surface area contributed by atoms with E-state index < -0.39 is 0 Å². The molecule has 5 heteroatoms. The number of hydrogen-bond acceptors (Lipinski definition) is 4. The molecule has 0 atom stereocenters. The first kappa shape index (κ1) is 15.5. The topological polar surface area (TPSA) is 59.2 Å². The van der Waals surface area contributed by atoms with Crippen molar-refractivity contribution in [3.8, 4) is 0 Å². The molecule has 0 aliphatic heterocycles. The number of hydrogen-bond donors (Lipinski definition) is 1. The minimum absolute atomic E-state index is 0.0435. The van der Waals surface area contributed by atoms with E-state index >= 15 is 0 Å². The number of anilines is 1. The maximum absolute atomic E-state index is 12.7. The van der Waals surface area contributed by atoms with Crippen LogP contribution in [0.1, 0.15) is 34.8 Å². The van der Waals surface area contributed by atoms with E-state index in [-0.39, 0.29) is 5.91 Å². The summed E-state index contributed by atoms with van der Waals surface area (Å²) in [4.78, 5) is 20.3. The lowest BCUT2D eigenvalue weighted by Crippen LogP contribution is -2.32. The number of carbonyl (C=O) groups excluding carboxylic acids is 1. The summed E-state index contributed by atoms with van der Waals surface area (Å²) in [7, 11) is 0. The van der Waals surface area contributed by atoms with Crippen LogP contribution in [0, 0.1) is 13.8 Å². The molecule has 0 saturated carbocycles. The second kappa shape index (κ2) is 5.85. The summed E-state index contributed by atoms with van der Waals surface area (Å²) >= 11 is 1.37. The summed E-state index contributed by atoms with van der Waals surface area (Å²) in [5.74, 6) is -0.0435. The Kier molecular flexibility index (Phi) is 4.32. The Morgan fingerprint density at radius 3 is 2.71 bits per heavy atom. The van der Waals surface area contributed by atoms with E-state index in [4.69, 9.17) is 5.73 Å². The van der Waals surface area contributed by atoms with Crippen LogP contribution in [0.15, 0.2) is 18.2 Å². The lowest BCUT2D eigenvalue weighted by Gasteiger charge is -2.20. The van der Waals surface area contributed by atoms with Gasteiger partial charge in [0, 0.05) is 24.2 Å². The third-order valence-corrected chi connectivity index (χ3v) is 4.44. The van der Waals surface area contributed by atoms with Gasteiger partial charge >= 0.3 is 0 Å². The molecule has 0 bridgehead atoms. The third kappa shape index (κ3) is 2.93. The summed E-state index contributed by atoms with van der Waals surface area (Å²) in [6.07, 6.45) is 0. The van der Waals surface area contributed by atoms with Gasteiger partial charge in [0.05, 0.1) is 5.69 Å². The van der Waals surface area contributed by atoms with Crippen molar-refractivity contribution in [1.29, 1.82) is 0 Å². The highest BCUT2D eigenvalue weighted by molar-refractivity contribution is 7.21. The van der Waals surface area contributed by atoms with Gasteiger partial charge in [0.15, 0.2) is 0 Å². The molecule has 2 aromatic heterocycles. The number of aromatic nitrogens is 1. The first-order valence-electron chi connectivity index (χ1n) is 6.95. The number of pyridine rings is 1. The molecule has 2 N–H and O–H groups in total. The number of rotatable bonds is 4. The number of nitrogen functional groups attached to an aromatic ring is 1. The molecule has 0 spiro atoms. The third-order valence-electron chi connectivity index (χ3n) is 3.35. The van der Waals surface area contributed by atoms with E-state index in [2.05, 4.69) is 11.6 Å². The van der Waals surface area contributed by atoms with Gasteiger partial charge in [0.2, 0.25) is 0 Å². The number of aryl methyl sites for hydroxylation is 2. The van der Waals surface area contributed by atoms with Gasteiger partial charge in [-0.25, -0.2) is 4.98 Å². The number of nitrogens with two attached hydrogens (primary N) is 1. The Bertz CT molecular complexity index is 718. The van der Waals surface area contributed by atoms with Crippen LogP contribution in [-0.4, -0.2) is 28.9 Å². The minimum atomic E-state index is -0.0435. The van der Waals surface area contributed by atoms with Gasteiger partial charge in [0.25, 0.3) is 5.91 Å². The Morgan fingerprint density at radius 1 is 1.48 bits per heavy atom. The first-order chi connectivity index (χ1) is 9.85. The van der Waals surface area contributed by atoms with E-state index in [0.29, 0.717) is 23.7 Å². The Morgan fingerprint density at radius 2 is 2.14 bits per heavy atom. The highest BCUT2D eigenvalue weighted by Gasteiger charge is 2.22. The highest BCUT2D eigenvalue weighted by Crippen LogP contribution is 2.35. The zero-order chi connectivity index (χ0) is 15.7. The fraction of sp³-hybridized carbons (Fsp3) is 0.375. The van der Waals surface area contributed by atoms with Crippen LogP contribution in [0.25, 0.3) is 10.2 Å². The van der Waals surface area contributed by atoms with Crippen LogP contribution in [0.3, 0.4) is 0 Å². The van der Waals surface area contributed by atoms with Gasteiger partial charge in [-0.3, -0.25) is 4.79 Å². The summed E-state index contributed by atoms with van der Waals surface area (Å²) in [6, 6.07) is 1.99. The van der Waals surface area contributed by atoms with Crippen molar-refractivity contribution in [3.05, 3.63) is 34.4 Å². The molecule has 2 heterocycles. The highest BCUT2D eigenvalue weighted by atomic mass is 32.1. The lowest BCUT2D eigenvalue weighted by atomic mass is 10.1. The maximum atomic E-state index is 12.7. The molecule has 112 valence electrons. The van der Waals surface area contributed by atoms with Crippen molar-refractivity contribution in [2.24, 2.45) is 0 Å². The number of carbonyl (C=O) groups is 1. The van der Waals surface area contributed by atoms with Crippen molar-refractivity contribution >= 4 is 33.1 Å². The Balaban J connectivity index is 2.51. The van der Waals surface area contributed by atoms with Crippen LogP contribution >= 0.6 is 11.3 Å². The van der Waals surface area contributed by atoms with Crippen molar-refractivity contribution in [3.63, 3.8) is 0 Å². The van der Waals surface area contributed by atoms with Gasteiger partial charge in [-0.2, -0.15) is 0 Å². The Hall–Kier alpha value is -1.88. The Labute approximate surface area is 129 Å². The van der Waals surface area contributed by atoms with Gasteiger partial charge < -0.3 is 10.6 Å². The fourth-order valence-corrected chi connectivity index (χ4v) is 3.61. The monoisotopic (exact) mass is 303 g/mol. The molecule has 1 amide bonds. The predicted molar refractivity (Wildman–Crippen MR) is 89.9 cm³/mol. The van der Waals surface area contributed by atoms with Crippen molar-refractivity contribution < 1.29 is 4.79 Å². The van der Waals surface area contributed by atoms with E-state index in [1.165, 1.54) is 11.3 Å². The average Bonchev–Trinajstić information content (AvgIpc) is 2.72.